The molecule has 0 saturated carbocycles. The third-order valence-electron chi connectivity index (χ3n) is 3.19. The van der Waals surface area contributed by atoms with Crippen LogP contribution in [0.3, 0.4) is 0 Å². The molecule has 0 radical (unpaired) electrons. The molecule has 2 aromatic carbocycles. The lowest BCUT2D eigenvalue weighted by Gasteiger charge is -2.07. The predicted molar refractivity (Wildman–Crippen MR) is 88.6 cm³/mol. The Morgan fingerprint density at radius 1 is 1.14 bits per heavy atom. The predicted octanol–water partition coefficient (Wildman–Crippen LogP) is 4.97. The molecule has 0 aliphatic heterocycles. The first-order valence-electron chi connectivity index (χ1n) is 6.35. The first-order chi connectivity index (χ1) is 10.2. The van der Waals surface area contributed by atoms with Gasteiger partial charge in [0, 0.05) is 15.5 Å². The van der Waals surface area contributed by atoms with E-state index in [0.29, 0.717) is 10.9 Å². The number of nitrogens with zero attached hydrogens (tertiary/aromatic N) is 1. The fourth-order valence-corrected chi connectivity index (χ4v) is 3.04. The van der Waals surface area contributed by atoms with Gasteiger partial charge in [0.25, 0.3) is 0 Å². The Labute approximate surface area is 132 Å². The van der Waals surface area contributed by atoms with E-state index in [1.54, 1.807) is 11.8 Å². The highest BCUT2D eigenvalue weighted by atomic mass is 35.5. The largest absolute Gasteiger partial charge is 0.367 e. The van der Waals surface area contributed by atoms with E-state index < -0.39 is 0 Å². The van der Waals surface area contributed by atoms with Crippen LogP contribution >= 0.6 is 23.4 Å². The lowest BCUT2D eigenvalue weighted by Crippen LogP contribution is -1.89. The van der Waals surface area contributed by atoms with Crippen molar-refractivity contribution in [2.24, 2.45) is 0 Å². The summed E-state index contributed by atoms with van der Waals surface area (Å²) in [6.07, 6.45) is 2.03. The topological polar surface area (TPSA) is 52.0 Å². The van der Waals surface area contributed by atoms with Crippen molar-refractivity contribution in [2.75, 3.05) is 12.0 Å². The van der Waals surface area contributed by atoms with Crippen LogP contribution in [0.2, 0.25) is 5.02 Å². The van der Waals surface area contributed by atoms with Crippen LogP contribution in [-0.4, -0.2) is 11.4 Å². The second kappa shape index (κ2) is 5.84. The van der Waals surface area contributed by atoms with E-state index in [1.807, 2.05) is 54.8 Å². The molecule has 5 heteroatoms. The molecule has 106 valence electrons. The molecule has 3 rings (SSSR count). The fourth-order valence-electron chi connectivity index (χ4n) is 2.25. The minimum Gasteiger partial charge on any atom is -0.367 e. The Morgan fingerprint density at radius 2 is 1.95 bits per heavy atom. The Hall–Kier alpha value is -1.91. The number of nitrogen functional groups attached to an aromatic ring is 1. The molecular weight excluding hydrogens is 304 g/mol. The van der Waals surface area contributed by atoms with Crippen molar-refractivity contribution in [1.82, 2.24) is 5.16 Å². The molecule has 21 heavy (non-hydrogen) atoms. The van der Waals surface area contributed by atoms with Gasteiger partial charge in [-0.25, -0.2) is 0 Å². The molecular formula is C16H13ClN2OS. The molecule has 0 amide bonds. The third-order valence-corrected chi connectivity index (χ3v) is 4.22. The van der Waals surface area contributed by atoms with Crippen LogP contribution in [0.5, 0.6) is 0 Å². The molecule has 1 heterocycles. The summed E-state index contributed by atoms with van der Waals surface area (Å²) in [6.45, 7) is 0. The summed E-state index contributed by atoms with van der Waals surface area (Å²) < 4.78 is 5.22. The maximum absolute atomic E-state index is 6.08. The van der Waals surface area contributed by atoms with Crippen LogP contribution < -0.4 is 5.73 Å². The lowest BCUT2D eigenvalue weighted by molar-refractivity contribution is 0.439. The molecule has 0 aliphatic carbocycles. The molecule has 0 atom stereocenters. The van der Waals surface area contributed by atoms with Crippen molar-refractivity contribution in [3.8, 4) is 22.4 Å². The van der Waals surface area contributed by atoms with E-state index in [0.717, 1.165) is 27.3 Å². The van der Waals surface area contributed by atoms with Gasteiger partial charge in [-0.1, -0.05) is 47.1 Å². The number of benzene rings is 2. The van der Waals surface area contributed by atoms with Gasteiger partial charge in [-0.3, -0.25) is 0 Å². The minimum atomic E-state index is 0.295. The SMILES string of the molecule is CSc1ccccc1-c1noc(N)c1-c1cccc(Cl)c1. The first kappa shape index (κ1) is 14.0. The quantitative estimate of drug-likeness (QED) is 0.693. The van der Waals surface area contributed by atoms with Crippen molar-refractivity contribution in [2.45, 2.75) is 4.90 Å². The van der Waals surface area contributed by atoms with Gasteiger partial charge in [-0.15, -0.1) is 11.8 Å². The van der Waals surface area contributed by atoms with Crippen LogP contribution in [0.1, 0.15) is 0 Å². The number of rotatable bonds is 3. The van der Waals surface area contributed by atoms with Crippen LogP contribution in [0.25, 0.3) is 22.4 Å². The summed E-state index contributed by atoms with van der Waals surface area (Å²) in [7, 11) is 0. The molecule has 0 unspecified atom stereocenters. The summed E-state index contributed by atoms with van der Waals surface area (Å²) in [5.74, 6) is 0.295. The Morgan fingerprint density at radius 3 is 2.71 bits per heavy atom. The summed E-state index contributed by atoms with van der Waals surface area (Å²) >= 11 is 7.73. The van der Waals surface area contributed by atoms with E-state index in [2.05, 4.69) is 5.16 Å². The molecule has 0 saturated heterocycles. The van der Waals surface area contributed by atoms with E-state index in [9.17, 15) is 0 Å². The number of thioether (sulfide) groups is 1. The summed E-state index contributed by atoms with van der Waals surface area (Å²) in [5, 5.41) is 4.79. The van der Waals surface area contributed by atoms with Gasteiger partial charge in [-0.2, -0.15) is 0 Å². The number of aromatic nitrogens is 1. The lowest BCUT2D eigenvalue weighted by atomic mass is 10.0. The first-order valence-corrected chi connectivity index (χ1v) is 7.95. The van der Waals surface area contributed by atoms with Crippen molar-refractivity contribution >= 4 is 29.2 Å². The van der Waals surface area contributed by atoms with Crippen molar-refractivity contribution < 1.29 is 4.52 Å². The van der Waals surface area contributed by atoms with Gasteiger partial charge >= 0.3 is 0 Å². The maximum atomic E-state index is 6.08. The number of hydrogen-bond donors (Lipinski definition) is 1. The third kappa shape index (κ3) is 2.64. The highest BCUT2D eigenvalue weighted by Crippen LogP contribution is 2.40. The van der Waals surface area contributed by atoms with Gasteiger partial charge in [0.15, 0.2) is 0 Å². The van der Waals surface area contributed by atoms with Gasteiger partial charge in [0.2, 0.25) is 5.88 Å². The van der Waals surface area contributed by atoms with E-state index in [4.69, 9.17) is 21.9 Å². The normalized spacial score (nSPS) is 10.8. The minimum absolute atomic E-state index is 0.295. The van der Waals surface area contributed by atoms with Crippen LogP contribution in [0.4, 0.5) is 5.88 Å². The highest BCUT2D eigenvalue weighted by molar-refractivity contribution is 7.98. The van der Waals surface area contributed by atoms with Gasteiger partial charge in [0.05, 0.1) is 5.56 Å². The Kier molecular flexibility index (Phi) is 3.90. The zero-order chi connectivity index (χ0) is 14.8. The van der Waals surface area contributed by atoms with Crippen molar-refractivity contribution in [3.05, 3.63) is 53.6 Å². The maximum Gasteiger partial charge on any atom is 0.230 e. The van der Waals surface area contributed by atoms with Crippen molar-refractivity contribution in [3.63, 3.8) is 0 Å². The summed E-state index contributed by atoms with van der Waals surface area (Å²) in [6, 6.07) is 15.5. The van der Waals surface area contributed by atoms with E-state index in [1.165, 1.54) is 0 Å². The zero-order valence-corrected chi connectivity index (χ0v) is 12.9. The molecule has 1 aromatic heterocycles. The van der Waals surface area contributed by atoms with Crippen molar-refractivity contribution in [1.29, 1.82) is 0 Å². The highest BCUT2D eigenvalue weighted by Gasteiger charge is 2.19. The summed E-state index contributed by atoms with van der Waals surface area (Å²) in [5.41, 5.74) is 9.38. The molecule has 3 nitrogen and oxygen atoms in total. The number of anilines is 1. The van der Waals surface area contributed by atoms with Crippen LogP contribution in [0, 0.1) is 0 Å². The standard InChI is InChI=1S/C16H13ClN2OS/c1-21-13-8-3-2-7-12(13)15-14(16(18)20-19-15)10-5-4-6-11(17)9-10/h2-9H,18H2,1H3. The van der Waals surface area contributed by atoms with Gasteiger partial charge in [0.1, 0.15) is 5.69 Å². The molecule has 0 bridgehead atoms. The van der Waals surface area contributed by atoms with Gasteiger partial charge in [-0.05, 0) is 30.0 Å². The second-order valence-corrected chi connectivity index (χ2v) is 5.77. The average molecular weight is 317 g/mol. The number of hydrogen-bond acceptors (Lipinski definition) is 4. The van der Waals surface area contributed by atoms with E-state index in [-0.39, 0.29) is 0 Å². The number of nitrogens with two attached hydrogens (primary N) is 1. The smallest absolute Gasteiger partial charge is 0.230 e. The van der Waals surface area contributed by atoms with Gasteiger partial charge < -0.3 is 10.3 Å². The van der Waals surface area contributed by atoms with Crippen LogP contribution in [0.15, 0.2) is 57.9 Å². The zero-order valence-electron chi connectivity index (χ0n) is 11.3. The molecule has 2 N–H and O–H groups in total. The number of halogens is 1. The molecule has 0 spiro atoms. The molecule has 3 aromatic rings. The Balaban J connectivity index is 2.22. The Bertz CT molecular complexity index is 785. The monoisotopic (exact) mass is 316 g/mol. The second-order valence-electron chi connectivity index (χ2n) is 4.48. The molecule has 0 fully saturated rings. The fraction of sp³-hybridized carbons (Fsp3) is 0.0625. The average Bonchev–Trinajstić information content (AvgIpc) is 2.88. The van der Waals surface area contributed by atoms with E-state index >= 15 is 0 Å². The summed E-state index contributed by atoms with van der Waals surface area (Å²) in [4.78, 5) is 1.12. The van der Waals surface area contributed by atoms with Crippen LogP contribution in [-0.2, 0) is 0 Å². The molecule has 0 aliphatic rings.